The Labute approximate surface area is 222 Å². The number of halogens is 2. The second kappa shape index (κ2) is 15.5. The van der Waals surface area contributed by atoms with Crippen molar-refractivity contribution in [1.82, 2.24) is 4.98 Å². The Morgan fingerprint density at radius 1 is 1.18 bits per heavy atom. The second-order valence-corrected chi connectivity index (χ2v) is 9.17. The minimum atomic E-state index is -4.06. The number of benzene rings is 1. The maximum absolute atomic E-state index is 13.3. The van der Waals surface area contributed by atoms with Crippen molar-refractivity contribution in [2.75, 3.05) is 11.8 Å². The number of hydrogen-bond donors (Lipinski definition) is 1. The molecule has 0 spiro atoms. The summed E-state index contributed by atoms with van der Waals surface area (Å²) >= 11 is 0. The quantitative estimate of drug-likeness (QED) is 0.213. The lowest BCUT2D eigenvalue weighted by Gasteiger charge is -2.13. The molecule has 0 aliphatic rings. The van der Waals surface area contributed by atoms with E-state index in [9.17, 15) is 17.2 Å². The Morgan fingerprint density at radius 2 is 1.89 bits per heavy atom. The maximum Gasteiger partial charge on any atom is 0.257 e. The van der Waals surface area contributed by atoms with Gasteiger partial charge in [0.05, 0.1) is 24.0 Å². The van der Waals surface area contributed by atoms with Crippen LogP contribution in [0.25, 0.3) is 17.2 Å². The van der Waals surface area contributed by atoms with Crippen LogP contribution in [0.2, 0.25) is 0 Å². The monoisotopic (exact) mass is 538 g/mol. The van der Waals surface area contributed by atoms with Crippen LogP contribution in [0.15, 0.2) is 94.5 Å². The predicted octanol–water partition coefficient (Wildman–Crippen LogP) is 6.94. The predicted molar refractivity (Wildman–Crippen MR) is 153 cm³/mol. The normalized spacial score (nSPS) is 11.4. The summed E-state index contributed by atoms with van der Waals surface area (Å²) in [7, 11) is -2.70. The molecule has 0 fully saturated rings. The van der Waals surface area contributed by atoms with Crippen molar-refractivity contribution in [2.45, 2.75) is 13.8 Å². The fraction of sp³-hybridized carbons (Fsp3) is 0.107. The summed E-state index contributed by atoms with van der Waals surface area (Å²) in [6, 6.07) is 9.33. The third-order valence-corrected chi connectivity index (χ3v) is 5.98. The highest BCUT2D eigenvalue weighted by Crippen LogP contribution is 2.32. The van der Waals surface area contributed by atoms with E-state index in [2.05, 4.69) is 58.2 Å². The molecule has 2 aromatic rings. The highest BCUT2D eigenvalue weighted by atomic mass is 32.2. The number of rotatable bonds is 9. The molecule has 1 aromatic carbocycles. The van der Waals surface area contributed by atoms with E-state index in [-0.39, 0.29) is 22.8 Å². The second-order valence-electron chi connectivity index (χ2n) is 7.32. The summed E-state index contributed by atoms with van der Waals surface area (Å²) < 4.78 is 58.1. The van der Waals surface area contributed by atoms with Gasteiger partial charge in [-0.25, -0.2) is 27.2 Å². The zero-order chi connectivity index (χ0) is 28.7. The number of aromatic nitrogens is 1. The Balaban J connectivity index is 0.000000905. The van der Waals surface area contributed by atoms with E-state index in [1.54, 1.807) is 24.3 Å². The fourth-order valence-electron chi connectivity index (χ4n) is 2.65. The summed E-state index contributed by atoms with van der Waals surface area (Å²) in [4.78, 5) is 11.2. The van der Waals surface area contributed by atoms with Gasteiger partial charge in [-0.1, -0.05) is 25.3 Å². The zero-order valence-corrected chi connectivity index (χ0v) is 22.1. The highest BCUT2D eigenvalue weighted by Gasteiger charge is 2.17. The summed E-state index contributed by atoms with van der Waals surface area (Å²) in [5.41, 5.74) is 3.66. The maximum atomic E-state index is 13.3. The number of nitrogens with zero attached hydrogens (tertiary/aromatic N) is 3. The lowest BCUT2D eigenvalue weighted by molar-refractivity contribution is 0.400. The van der Waals surface area contributed by atoms with Gasteiger partial charge in [0.25, 0.3) is 10.0 Å². The molecular weight excluding hydrogens is 510 g/mol. The molecule has 0 amide bonds. The van der Waals surface area contributed by atoms with E-state index < -0.39 is 15.9 Å². The van der Waals surface area contributed by atoms with Gasteiger partial charge in [-0.15, -0.1) is 0 Å². The molecule has 38 heavy (non-hydrogen) atoms. The lowest BCUT2D eigenvalue weighted by Crippen LogP contribution is -2.14. The minimum absolute atomic E-state index is 0.0131. The molecule has 10 heteroatoms. The van der Waals surface area contributed by atoms with E-state index >= 15 is 0 Å². The number of hydrogen-bond acceptors (Lipinski definition) is 6. The minimum Gasteiger partial charge on any atom is -0.480 e. The Hall–Kier alpha value is -4.62. The van der Waals surface area contributed by atoms with E-state index in [4.69, 9.17) is 4.74 Å². The van der Waals surface area contributed by atoms with Crippen LogP contribution in [0, 0.1) is 12.0 Å². The lowest BCUT2D eigenvalue weighted by atomic mass is 10.0. The number of aliphatic imine (C=N–C) groups is 2. The van der Waals surface area contributed by atoms with Crippen molar-refractivity contribution in [3.63, 3.8) is 0 Å². The van der Waals surface area contributed by atoms with Crippen molar-refractivity contribution in [3.8, 4) is 29.0 Å². The van der Waals surface area contributed by atoms with Crippen LogP contribution in [-0.2, 0) is 10.0 Å². The van der Waals surface area contributed by atoms with Gasteiger partial charge in [0.15, 0.2) is 0 Å². The topological polar surface area (TPSA) is 93.0 Å². The molecule has 0 atom stereocenters. The number of nitrogens with one attached hydrogen (secondary N) is 1. The van der Waals surface area contributed by atoms with Crippen molar-refractivity contribution < 1.29 is 21.9 Å². The number of allylic oxidation sites excluding steroid dienone is 6. The van der Waals surface area contributed by atoms with Gasteiger partial charge in [0, 0.05) is 36.2 Å². The van der Waals surface area contributed by atoms with Crippen LogP contribution < -0.4 is 9.46 Å². The van der Waals surface area contributed by atoms with Crippen LogP contribution in [0.3, 0.4) is 0 Å². The fourth-order valence-corrected chi connectivity index (χ4v) is 3.49. The summed E-state index contributed by atoms with van der Waals surface area (Å²) in [6.07, 6.45) is 5.59. The molecule has 0 saturated heterocycles. The largest absolute Gasteiger partial charge is 0.480 e. The summed E-state index contributed by atoms with van der Waals surface area (Å²) in [6.45, 7) is 17.1. The molecule has 198 valence electrons. The molecular formula is C28H28F2N4O3S. The molecule has 1 heterocycles. The molecule has 0 unspecified atom stereocenters. The van der Waals surface area contributed by atoms with Crippen LogP contribution in [0.4, 0.5) is 20.2 Å². The smallest absolute Gasteiger partial charge is 0.257 e. The van der Waals surface area contributed by atoms with Crippen molar-refractivity contribution in [1.29, 1.82) is 0 Å². The average molecular weight is 539 g/mol. The first-order valence-electron chi connectivity index (χ1n) is 10.8. The number of ether oxygens (including phenoxy) is 1. The highest BCUT2D eigenvalue weighted by molar-refractivity contribution is 7.96. The average Bonchev–Trinajstić information content (AvgIpc) is 2.90. The molecule has 1 N–H and O–H groups in total. The van der Waals surface area contributed by atoms with Gasteiger partial charge < -0.3 is 4.74 Å². The summed E-state index contributed by atoms with van der Waals surface area (Å²) in [5.74, 6) is 1.74. The number of pyridine rings is 1. The zero-order valence-electron chi connectivity index (χ0n) is 21.3. The number of sulfonamides is 1. The molecule has 0 aliphatic heterocycles. The van der Waals surface area contributed by atoms with E-state index in [0.29, 0.717) is 17.3 Å². The van der Waals surface area contributed by atoms with Gasteiger partial charge in [-0.3, -0.25) is 9.71 Å². The number of anilines is 1. The van der Waals surface area contributed by atoms with Gasteiger partial charge in [-0.2, -0.15) is 0 Å². The van der Waals surface area contributed by atoms with Crippen molar-refractivity contribution in [3.05, 3.63) is 90.0 Å². The molecule has 2 rings (SSSR count). The first-order chi connectivity index (χ1) is 18.0. The van der Waals surface area contributed by atoms with E-state index in [1.165, 1.54) is 20.2 Å². The summed E-state index contributed by atoms with van der Waals surface area (Å²) in [5, 5.41) is 0. The van der Waals surface area contributed by atoms with Gasteiger partial charge in [-0.05, 0) is 68.0 Å². The van der Waals surface area contributed by atoms with Crippen LogP contribution in [0.1, 0.15) is 19.4 Å². The van der Waals surface area contributed by atoms with Gasteiger partial charge >= 0.3 is 0 Å². The molecule has 0 aliphatic carbocycles. The first kappa shape index (κ1) is 31.4. The van der Waals surface area contributed by atoms with E-state index in [0.717, 1.165) is 28.9 Å². The third-order valence-electron chi connectivity index (χ3n) is 4.51. The first-order valence-corrected chi connectivity index (χ1v) is 12.2. The van der Waals surface area contributed by atoms with Crippen LogP contribution >= 0.6 is 0 Å². The Bertz CT molecular complexity index is 1460. The van der Waals surface area contributed by atoms with E-state index in [1.807, 2.05) is 13.0 Å². The molecule has 7 nitrogen and oxygen atoms in total. The molecule has 1 aromatic heterocycles. The Morgan fingerprint density at radius 3 is 2.42 bits per heavy atom. The standard InChI is InChI=1S/C22H21F2N3O3S.C6H7N/c1-5-16-12-17(7-9-20(16)25-3)18-13-21(22(30-4)26-14-18)27-31(28,29)15(2)6-8-19(24)10-11-23;1-6(2)4-5-7-3/h5-14,27H,1,3H2,2,4H3;1,3H2,2H3/b11-10+,15-6?,19-8+;. The third kappa shape index (κ3) is 9.79. The van der Waals surface area contributed by atoms with Gasteiger partial charge in [0.1, 0.15) is 11.5 Å². The molecule has 0 bridgehead atoms. The van der Waals surface area contributed by atoms with Crippen LogP contribution in [-0.4, -0.2) is 33.9 Å². The molecule has 0 radical (unpaired) electrons. The van der Waals surface area contributed by atoms with Crippen LogP contribution in [0.5, 0.6) is 5.88 Å². The van der Waals surface area contributed by atoms with Crippen molar-refractivity contribution >= 4 is 40.9 Å². The number of methoxy groups -OCH3 is 1. The van der Waals surface area contributed by atoms with Gasteiger partial charge in [0.2, 0.25) is 5.88 Å². The van der Waals surface area contributed by atoms with Crippen molar-refractivity contribution in [2.24, 2.45) is 9.98 Å². The Kier molecular flexibility index (Phi) is 12.8. The SMILES string of the molecule is C=Cc1cc(-c2cnc(OC)c(NS(=O)(=O)C(C)=C/C=C(F)\C=C\F)c2)ccc1N=C.C=NC#CC(=C)C. The molecule has 0 saturated carbocycles.